The first-order valence-corrected chi connectivity index (χ1v) is 7.14. The summed E-state index contributed by atoms with van der Waals surface area (Å²) in [6.45, 7) is 8.05. The van der Waals surface area contributed by atoms with E-state index < -0.39 is 12.7 Å². The molecule has 1 N–H and O–H groups in total. The van der Waals surface area contributed by atoms with Gasteiger partial charge >= 0.3 is 7.12 Å². The van der Waals surface area contributed by atoms with Gasteiger partial charge in [0.2, 0.25) is 0 Å². The summed E-state index contributed by atoms with van der Waals surface area (Å²) in [4.78, 5) is 8.58. The summed E-state index contributed by atoms with van der Waals surface area (Å²) < 4.78 is 11.9. The summed E-state index contributed by atoms with van der Waals surface area (Å²) in [5, 5.41) is 10.2. The van der Waals surface area contributed by atoms with Crippen molar-refractivity contribution in [3.8, 4) is 0 Å². The van der Waals surface area contributed by atoms with Gasteiger partial charge in [-0.1, -0.05) is 0 Å². The van der Waals surface area contributed by atoms with Crippen LogP contribution in [-0.4, -0.2) is 33.4 Å². The SMILES string of the molecule is CC1(C)OB(c2cnc(C3(O)CCC3)nc2)OC1(C)C. The molecule has 1 saturated carbocycles. The van der Waals surface area contributed by atoms with Crippen molar-refractivity contribution in [2.75, 3.05) is 0 Å². The average Bonchev–Trinajstić information content (AvgIpc) is 2.56. The van der Waals surface area contributed by atoms with Gasteiger partial charge in [-0.3, -0.25) is 0 Å². The minimum Gasteiger partial charge on any atom is -0.399 e. The van der Waals surface area contributed by atoms with Crippen molar-refractivity contribution < 1.29 is 14.4 Å². The number of hydrogen-bond acceptors (Lipinski definition) is 5. The van der Waals surface area contributed by atoms with Gasteiger partial charge in [-0.2, -0.15) is 0 Å². The maximum absolute atomic E-state index is 10.2. The van der Waals surface area contributed by atoms with Gasteiger partial charge in [0, 0.05) is 17.9 Å². The second kappa shape index (κ2) is 4.26. The molecule has 20 heavy (non-hydrogen) atoms. The van der Waals surface area contributed by atoms with E-state index in [-0.39, 0.29) is 11.2 Å². The summed E-state index contributed by atoms with van der Waals surface area (Å²) in [5.41, 5.74) is -0.783. The largest absolute Gasteiger partial charge is 0.498 e. The second-order valence-electron chi connectivity index (χ2n) is 6.81. The Bertz CT molecular complexity index is 496. The average molecular weight is 276 g/mol. The number of aliphatic hydroxyl groups is 1. The van der Waals surface area contributed by atoms with Gasteiger partial charge in [0.15, 0.2) is 5.82 Å². The summed E-state index contributed by atoms with van der Waals surface area (Å²) >= 11 is 0. The van der Waals surface area contributed by atoms with Crippen molar-refractivity contribution in [1.29, 1.82) is 0 Å². The lowest BCUT2D eigenvalue weighted by atomic mass is 9.78. The Morgan fingerprint density at radius 2 is 1.55 bits per heavy atom. The highest BCUT2D eigenvalue weighted by molar-refractivity contribution is 6.61. The predicted molar refractivity (Wildman–Crippen MR) is 75.5 cm³/mol. The summed E-state index contributed by atoms with van der Waals surface area (Å²) in [6.07, 6.45) is 5.89. The molecular formula is C14H21BN2O3. The molecule has 5 nitrogen and oxygen atoms in total. The molecule has 1 aliphatic carbocycles. The van der Waals surface area contributed by atoms with E-state index in [2.05, 4.69) is 9.97 Å². The fourth-order valence-corrected chi connectivity index (χ4v) is 2.41. The lowest BCUT2D eigenvalue weighted by Gasteiger charge is -2.34. The van der Waals surface area contributed by atoms with Crippen LogP contribution < -0.4 is 5.46 Å². The molecule has 108 valence electrons. The molecule has 1 aliphatic heterocycles. The van der Waals surface area contributed by atoms with Crippen LogP contribution >= 0.6 is 0 Å². The second-order valence-corrected chi connectivity index (χ2v) is 6.81. The third kappa shape index (κ3) is 2.06. The smallest absolute Gasteiger partial charge is 0.399 e. The van der Waals surface area contributed by atoms with E-state index in [1.807, 2.05) is 27.7 Å². The highest BCUT2D eigenvalue weighted by Crippen LogP contribution is 2.39. The summed E-state index contributed by atoms with van der Waals surface area (Å²) in [7, 11) is -0.454. The molecule has 2 aliphatic rings. The Morgan fingerprint density at radius 3 is 1.95 bits per heavy atom. The van der Waals surface area contributed by atoms with Crippen LogP contribution in [-0.2, 0) is 14.9 Å². The van der Waals surface area contributed by atoms with Gasteiger partial charge in [-0.05, 0) is 47.0 Å². The van der Waals surface area contributed by atoms with E-state index >= 15 is 0 Å². The van der Waals surface area contributed by atoms with E-state index in [9.17, 15) is 5.11 Å². The Hall–Kier alpha value is -0.975. The molecule has 0 radical (unpaired) electrons. The monoisotopic (exact) mass is 276 g/mol. The molecule has 0 atom stereocenters. The number of aromatic nitrogens is 2. The molecule has 1 aromatic heterocycles. The first-order valence-electron chi connectivity index (χ1n) is 7.14. The van der Waals surface area contributed by atoms with E-state index in [0.717, 1.165) is 24.7 Å². The molecule has 6 heteroatoms. The van der Waals surface area contributed by atoms with Gasteiger partial charge in [-0.25, -0.2) is 9.97 Å². The molecular weight excluding hydrogens is 255 g/mol. The van der Waals surface area contributed by atoms with Gasteiger partial charge in [0.05, 0.1) is 11.2 Å². The van der Waals surface area contributed by atoms with E-state index in [4.69, 9.17) is 9.31 Å². The van der Waals surface area contributed by atoms with Crippen LogP contribution in [0.5, 0.6) is 0 Å². The summed E-state index contributed by atoms with van der Waals surface area (Å²) in [6, 6.07) is 0. The molecule has 2 fully saturated rings. The minimum absolute atomic E-state index is 0.373. The standard InChI is InChI=1S/C14H21BN2O3/c1-12(2)13(3,4)20-15(19-12)10-8-16-11(17-9-10)14(18)6-5-7-14/h8-9,18H,5-7H2,1-4H3. The summed E-state index contributed by atoms with van der Waals surface area (Å²) in [5.74, 6) is 0.504. The van der Waals surface area contributed by atoms with Crippen LogP contribution in [0.25, 0.3) is 0 Å². The maximum Gasteiger partial charge on any atom is 0.498 e. The highest BCUT2D eigenvalue weighted by Gasteiger charge is 2.52. The van der Waals surface area contributed by atoms with Crippen LogP contribution in [0.1, 0.15) is 52.8 Å². The molecule has 0 amide bonds. The third-order valence-electron chi connectivity index (χ3n) is 4.79. The van der Waals surface area contributed by atoms with Crippen molar-refractivity contribution in [3.05, 3.63) is 18.2 Å². The Balaban J connectivity index is 1.79. The van der Waals surface area contributed by atoms with Crippen molar-refractivity contribution in [3.63, 3.8) is 0 Å². The van der Waals surface area contributed by atoms with Gasteiger partial charge < -0.3 is 14.4 Å². The number of rotatable bonds is 2. The van der Waals surface area contributed by atoms with Gasteiger partial charge in [-0.15, -0.1) is 0 Å². The Morgan fingerprint density at radius 1 is 1.05 bits per heavy atom. The predicted octanol–water partition coefficient (Wildman–Crippen LogP) is 1.15. The van der Waals surface area contributed by atoms with Crippen molar-refractivity contribution >= 4 is 12.6 Å². The van der Waals surface area contributed by atoms with E-state index in [1.165, 1.54) is 0 Å². The topological polar surface area (TPSA) is 64.5 Å². The third-order valence-corrected chi connectivity index (χ3v) is 4.79. The quantitative estimate of drug-likeness (QED) is 0.821. The molecule has 2 heterocycles. The zero-order valence-electron chi connectivity index (χ0n) is 12.5. The Kier molecular flexibility index (Phi) is 2.98. The molecule has 0 aromatic carbocycles. The van der Waals surface area contributed by atoms with Crippen LogP contribution in [0.3, 0.4) is 0 Å². The van der Waals surface area contributed by atoms with Crippen molar-refractivity contribution in [2.45, 2.75) is 63.8 Å². The fraction of sp³-hybridized carbons (Fsp3) is 0.714. The van der Waals surface area contributed by atoms with Crippen LogP contribution in [0.2, 0.25) is 0 Å². The van der Waals surface area contributed by atoms with E-state index in [0.29, 0.717) is 5.82 Å². The zero-order chi connectivity index (χ0) is 14.6. The van der Waals surface area contributed by atoms with Crippen LogP contribution in [0.15, 0.2) is 12.4 Å². The minimum atomic E-state index is -0.825. The first kappa shape index (κ1) is 14.0. The first-order chi connectivity index (χ1) is 9.24. The number of nitrogens with zero attached hydrogens (tertiary/aromatic N) is 2. The van der Waals surface area contributed by atoms with Crippen LogP contribution in [0, 0.1) is 0 Å². The molecule has 0 unspecified atom stereocenters. The molecule has 0 spiro atoms. The molecule has 1 aromatic rings. The van der Waals surface area contributed by atoms with Gasteiger partial charge in [0.25, 0.3) is 0 Å². The fourth-order valence-electron chi connectivity index (χ4n) is 2.41. The maximum atomic E-state index is 10.2. The Labute approximate surface area is 119 Å². The van der Waals surface area contributed by atoms with Crippen LogP contribution in [0.4, 0.5) is 0 Å². The van der Waals surface area contributed by atoms with E-state index in [1.54, 1.807) is 12.4 Å². The number of hydrogen-bond donors (Lipinski definition) is 1. The molecule has 3 rings (SSSR count). The highest BCUT2D eigenvalue weighted by atomic mass is 16.7. The van der Waals surface area contributed by atoms with Crippen molar-refractivity contribution in [2.24, 2.45) is 0 Å². The van der Waals surface area contributed by atoms with Crippen molar-refractivity contribution in [1.82, 2.24) is 9.97 Å². The normalized spacial score (nSPS) is 26.4. The lowest BCUT2D eigenvalue weighted by Crippen LogP contribution is -2.41. The zero-order valence-corrected chi connectivity index (χ0v) is 12.5. The van der Waals surface area contributed by atoms with Gasteiger partial charge in [0.1, 0.15) is 5.60 Å². The molecule has 1 saturated heterocycles. The molecule has 0 bridgehead atoms. The lowest BCUT2D eigenvalue weighted by molar-refractivity contribution is -0.0467.